The summed E-state index contributed by atoms with van der Waals surface area (Å²) in [5.41, 5.74) is 3.20. The molecule has 1 atom stereocenters. The second-order valence-electron chi connectivity index (χ2n) is 6.62. The fourth-order valence-corrected chi connectivity index (χ4v) is 3.21. The van der Waals surface area contributed by atoms with Crippen molar-refractivity contribution in [2.45, 2.75) is 32.8 Å². The molecule has 2 heterocycles. The molecule has 0 aliphatic carbocycles. The Morgan fingerprint density at radius 2 is 1.89 bits per heavy atom. The first kappa shape index (κ1) is 19.2. The summed E-state index contributed by atoms with van der Waals surface area (Å²) in [4.78, 5) is 18.9. The van der Waals surface area contributed by atoms with E-state index in [1.807, 2.05) is 30.3 Å². The first-order valence-corrected chi connectivity index (χ1v) is 9.67. The quantitative estimate of drug-likeness (QED) is 0.742. The minimum atomic E-state index is -0.212. The summed E-state index contributed by atoms with van der Waals surface area (Å²) in [6.07, 6.45) is 4.17. The van der Waals surface area contributed by atoms with Crippen molar-refractivity contribution in [2.24, 2.45) is 0 Å². The lowest BCUT2D eigenvalue weighted by Crippen LogP contribution is -2.21. The summed E-state index contributed by atoms with van der Waals surface area (Å²) < 4.78 is 5.59. The number of carbonyl (C=O) groups is 1. The van der Waals surface area contributed by atoms with Crippen LogP contribution < -0.4 is 15.5 Å². The third-order valence-electron chi connectivity index (χ3n) is 4.81. The van der Waals surface area contributed by atoms with Crippen molar-refractivity contribution >= 4 is 23.0 Å². The third-order valence-corrected chi connectivity index (χ3v) is 4.81. The second kappa shape index (κ2) is 9.37. The molecule has 0 spiro atoms. The van der Waals surface area contributed by atoms with Crippen molar-refractivity contribution in [2.75, 3.05) is 41.8 Å². The Bertz CT molecular complexity index is 721. The van der Waals surface area contributed by atoms with Crippen LogP contribution in [0.4, 0.5) is 17.1 Å². The van der Waals surface area contributed by atoms with Crippen molar-refractivity contribution < 1.29 is 9.53 Å². The zero-order chi connectivity index (χ0) is 19.1. The van der Waals surface area contributed by atoms with Gasteiger partial charge in [-0.05, 0) is 63.1 Å². The molecule has 1 aromatic heterocycles. The van der Waals surface area contributed by atoms with Gasteiger partial charge in [0.05, 0.1) is 18.0 Å². The van der Waals surface area contributed by atoms with Crippen LogP contribution in [0.2, 0.25) is 0 Å². The molecule has 2 aromatic rings. The molecule has 6 heteroatoms. The number of aromatic nitrogens is 1. The molecule has 0 saturated carbocycles. The van der Waals surface area contributed by atoms with Crippen LogP contribution in [-0.4, -0.2) is 43.2 Å². The summed E-state index contributed by atoms with van der Waals surface area (Å²) in [6.45, 7) is 7.79. The lowest BCUT2D eigenvalue weighted by Gasteiger charge is -2.21. The standard InChI is InChI=1S/C21H28N4O2/c1-3-25(4-2)18-10-7-16(8-11-18)24-21(26)20-12-9-17(14-23-20)22-15-19-6-5-13-27-19/h7-12,14,19,22H,3-6,13,15H2,1-2H3,(H,24,26). The molecule has 2 N–H and O–H groups in total. The molecule has 3 rings (SSSR count). The number of benzene rings is 1. The van der Waals surface area contributed by atoms with E-state index in [0.717, 1.165) is 56.1 Å². The van der Waals surface area contributed by atoms with E-state index in [0.29, 0.717) is 5.69 Å². The maximum absolute atomic E-state index is 12.4. The average molecular weight is 368 g/mol. The third kappa shape index (κ3) is 5.20. The lowest BCUT2D eigenvalue weighted by molar-refractivity contribution is 0.102. The SMILES string of the molecule is CCN(CC)c1ccc(NC(=O)c2ccc(NCC3CCCO3)cn2)cc1. The van der Waals surface area contributed by atoms with Crippen LogP contribution in [0.5, 0.6) is 0 Å². The first-order valence-electron chi connectivity index (χ1n) is 9.67. The maximum Gasteiger partial charge on any atom is 0.274 e. The van der Waals surface area contributed by atoms with Gasteiger partial charge in [0.2, 0.25) is 0 Å². The van der Waals surface area contributed by atoms with Gasteiger partial charge < -0.3 is 20.3 Å². The molecule has 1 aromatic carbocycles. The Morgan fingerprint density at radius 3 is 2.48 bits per heavy atom. The van der Waals surface area contributed by atoms with Crippen molar-refractivity contribution in [1.29, 1.82) is 0 Å². The molecular weight excluding hydrogens is 340 g/mol. The van der Waals surface area contributed by atoms with Gasteiger partial charge in [0.15, 0.2) is 0 Å². The average Bonchev–Trinajstić information content (AvgIpc) is 3.22. The summed E-state index contributed by atoms with van der Waals surface area (Å²) >= 11 is 0. The molecule has 144 valence electrons. The zero-order valence-corrected chi connectivity index (χ0v) is 16.1. The van der Waals surface area contributed by atoms with Crippen molar-refractivity contribution in [3.63, 3.8) is 0 Å². The Hall–Kier alpha value is -2.60. The highest BCUT2D eigenvalue weighted by Gasteiger charge is 2.15. The minimum absolute atomic E-state index is 0.212. The van der Waals surface area contributed by atoms with Gasteiger partial charge in [-0.25, -0.2) is 4.98 Å². The van der Waals surface area contributed by atoms with Crippen LogP contribution >= 0.6 is 0 Å². The van der Waals surface area contributed by atoms with Crippen LogP contribution in [0.3, 0.4) is 0 Å². The number of rotatable bonds is 8. The monoisotopic (exact) mass is 368 g/mol. The zero-order valence-electron chi connectivity index (χ0n) is 16.1. The number of pyridine rings is 1. The van der Waals surface area contributed by atoms with E-state index in [9.17, 15) is 4.79 Å². The predicted molar refractivity (Wildman–Crippen MR) is 110 cm³/mol. The van der Waals surface area contributed by atoms with Gasteiger partial charge in [-0.1, -0.05) is 0 Å². The maximum atomic E-state index is 12.4. The lowest BCUT2D eigenvalue weighted by atomic mass is 10.2. The van der Waals surface area contributed by atoms with Crippen molar-refractivity contribution in [3.8, 4) is 0 Å². The Labute approximate surface area is 160 Å². The van der Waals surface area contributed by atoms with Gasteiger partial charge in [-0.15, -0.1) is 0 Å². The number of carbonyl (C=O) groups excluding carboxylic acids is 1. The molecule has 1 amide bonds. The largest absolute Gasteiger partial charge is 0.381 e. The van der Waals surface area contributed by atoms with Crippen LogP contribution in [0.15, 0.2) is 42.6 Å². The summed E-state index contributed by atoms with van der Waals surface area (Å²) in [5, 5.41) is 6.20. The van der Waals surface area contributed by atoms with Crippen molar-refractivity contribution in [3.05, 3.63) is 48.3 Å². The number of nitrogens with zero attached hydrogens (tertiary/aromatic N) is 2. The van der Waals surface area contributed by atoms with Crippen molar-refractivity contribution in [1.82, 2.24) is 4.98 Å². The Balaban J connectivity index is 1.54. The number of hydrogen-bond donors (Lipinski definition) is 2. The van der Waals surface area contributed by atoms with Gasteiger partial charge in [0.25, 0.3) is 5.91 Å². The molecule has 0 bridgehead atoms. The summed E-state index contributed by atoms with van der Waals surface area (Å²) in [7, 11) is 0. The molecule has 27 heavy (non-hydrogen) atoms. The van der Waals surface area contributed by atoms with Gasteiger partial charge in [-0.2, -0.15) is 0 Å². The molecule has 1 fully saturated rings. The van der Waals surface area contributed by atoms with E-state index >= 15 is 0 Å². The molecule has 1 aliphatic heterocycles. The Kier molecular flexibility index (Phi) is 6.65. The van der Waals surface area contributed by atoms with E-state index in [1.165, 1.54) is 0 Å². The van der Waals surface area contributed by atoms with E-state index in [2.05, 4.69) is 34.4 Å². The van der Waals surface area contributed by atoms with Gasteiger partial charge in [0.1, 0.15) is 5.69 Å². The molecule has 6 nitrogen and oxygen atoms in total. The van der Waals surface area contributed by atoms with E-state index in [4.69, 9.17) is 4.74 Å². The topological polar surface area (TPSA) is 66.5 Å². The smallest absolute Gasteiger partial charge is 0.274 e. The van der Waals surface area contributed by atoms with Crippen LogP contribution in [0.1, 0.15) is 37.2 Å². The molecule has 1 aliphatic rings. The first-order chi connectivity index (χ1) is 13.2. The Morgan fingerprint density at radius 1 is 1.15 bits per heavy atom. The van der Waals surface area contributed by atoms with Crippen LogP contribution in [0.25, 0.3) is 0 Å². The number of ether oxygens (including phenoxy) is 1. The number of hydrogen-bond acceptors (Lipinski definition) is 5. The minimum Gasteiger partial charge on any atom is -0.381 e. The number of nitrogens with one attached hydrogen (secondary N) is 2. The molecule has 0 radical (unpaired) electrons. The highest BCUT2D eigenvalue weighted by Crippen LogP contribution is 2.18. The molecular formula is C21H28N4O2. The number of amides is 1. The fraction of sp³-hybridized carbons (Fsp3) is 0.429. The fourth-order valence-electron chi connectivity index (χ4n) is 3.21. The van der Waals surface area contributed by atoms with E-state index < -0.39 is 0 Å². The predicted octanol–water partition coefficient (Wildman–Crippen LogP) is 3.77. The van der Waals surface area contributed by atoms with Gasteiger partial charge in [0, 0.05) is 37.6 Å². The van der Waals surface area contributed by atoms with Gasteiger partial charge >= 0.3 is 0 Å². The highest BCUT2D eigenvalue weighted by molar-refractivity contribution is 6.03. The highest BCUT2D eigenvalue weighted by atomic mass is 16.5. The molecule has 1 unspecified atom stereocenters. The normalized spacial score (nSPS) is 16.1. The number of anilines is 3. The summed E-state index contributed by atoms with van der Waals surface area (Å²) in [6, 6.07) is 11.5. The van der Waals surface area contributed by atoms with E-state index in [1.54, 1.807) is 12.3 Å². The molecule has 1 saturated heterocycles. The summed E-state index contributed by atoms with van der Waals surface area (Å²) in [5.74, 6) is -0.212. The van der Waals surface area contributed by atoms with Crippen LogP contribution in [-0.2, 0) is 4.74 Å². The second-order valence-corrected chi connectivity index (χ2v) is 6.62. The van der Waals surface area contributed by atoms with E-state index in [-0.39, 0.29) is 12.0 Å². The van der Waals surface area contributed by atoms with Crippen LogP contribution in [0, 0.1) is 0 Å². The van der Waals surface area contributed by atoms with Gasteiger partial charge in [-0.3, -0.25) is 4.79 Å².